The molecule has 2 nitrogen and oxygen atoms in total. The van der Waals surface area contributed by atoms with Crippen LogP contribution in [-0.2, 0) is 0 Å². The highest BCUT2D eigenvalue weighted by molar-refractivity contribution is 6.30. The second-order valence-corrected chi connectivity index (χ2v) is 4.84. The van der Waals surface area contributed by atoms with Crippen LogP contribution in [0, 0.1) is 0 Å². The fourth-order valence-corrected chi connectivity index (χ4v) is 2.23. The van der Waals surface area contributed by atoms with Crippen molar-refractivity contribution in [1.82, 2.24) is 4.90 Å². The molecule has 1 aromatic rings. The number of benzene rings is 1. The van der Waals surface area contributed by atoms with E-state index in [1.165, 1.54) is 17.7 Å². The summed E-state index contributed by atoms with van der Waals surface area (Å²) in [6, 6.07) is 6.12. The molecule has 1 aromatic carbocycles. The molecule has 15 heavy (non-hydrogen) atoms. The van der Waals surface area contributed by atoms with E-state index in [1.54, 1.807) is 0 Å². The molecule has 1 atom stereocenters. The first-order valence-electron chi connectivity index (χ1n) is 5.35. The third-order valence-electron chi connectivity index (χ3n) is 2.92. The van der Waals surface area contributed by atoms with Crippen molar-refractivity contribution in [3.05, 3.63) is 28.8 Å². The minimum absolute atomic E-state index is 0.612. The Bertz CT molecular complexity index is 349. The van der Waals surface area contributed by atoms with E-state index in [0.717, 1.165) is 18.1 Å². The van der Waals surface area contributed by atoms with Gasteiger partial charge in [-0.25, -0.2) is 0 Å². The molecule has 1 heterocycles. The standard InChI is InChI=1S/C12H17ClN2/c1-15(2)6-5-9-8-14-12-4-3-10(13)7-11(9)12/h3-4,7,9,14H,5-6,8H2,1-2H3. The SMILES string of the molecule is CN(C)CCC1CNc2ccc(Cl)cc21. The molecule has 1 unspecified atom stereocenters. The van der Waals surface area contributed by atoms with Gasteiger partial charge in [0, 0.05) is 23.2 Å². The van der Waals surface area contributed by atoms with E-state index in [4.69, 9.17) is 11.6 Å². The molecular weight excluding hydrogens is 208 g/mol. The molecule has 0 radical (unpaired) electrons. The number of fused-ring (bicyclic) bond motifs is 1. The molecule has 1 N–H and O–H groups in total. The van der Waals surface area contributed by atoms with Crippen LogP contribution in [0.5, 0.6) is 0 Å². The normalized spacial score (nSPS) is 19.1. The summed E-state index contributed by atoms with van der Waals surface area (Å²) in [5, 5.41) is 4.26. The Morgan fingerprint density at radius 2 is 2.27 bits per heavy atom. The summed E-state index contributed by atoms with van der Waals surface area (Å²) in [6.45, 7) is 2.17. The number of anilines is 1. The first kappa shape index (κ1) is 10.8. The number of rotatable bonds is 3. The van der Waals surface area contributed by atoms with Gasteiger partial charge < -0.3 is 10.2 Å². The van der Waals surface area contributed by atoms with Crippen LogP contribution < -0.4 is 5.32 Å². The number of nitrogens with one attached hydrogen (secondary N) is 1. The molecule has 0 saturated heterocycles. The average Bonchev–Trinajstić information content (AvgIpc) is 2.57. The molecule has 0 bridgehead atoms. The van der Waals surface area contributed by atoms with Gasteiger partial charge in [0.1, 0.15) is 0 Å². The quantitative estimate of drug-likeness (QED) is 0.850. The first-order chi connectivity index (χ1) is 7.16. The van der Waals surface area contributed by atoms with E-state index >= 15 is 0 Å². The van der Waals surface area contributed by atoms with E-state index < -0.39 is 0 Å². The highest BCUT2D eigenvalue weighted by Gasteiger charge is 2.21. The van der Waals surface area contributed by atoms with Crippen LogP contribution in [0.25, 0.3) is 0 Å². The van der Waals surface area contributed by atoms with Crippen molar-refractivity contribution in [3.8, 4) is 0 Å². The molecular formula is C12H17ClN2. The molecule has 0 spiro atoms. The Balaban J connectivity index is 2.10. The summed E-state index contributed by atoms with van der Waals surface area (Å²) in [4.78, 5) is 2.22. The predicted molar refractivity (Wildman–Crippen MR) is 65.9 cm³/mol. The van der Waals surface area contributed by atoms with E-state index in [1.807, 2.05) is 6.07 Å². The first-order valence-corrected chi connectivity index (χ1v) is 5.72. The second kappa shape index (κ2) is 4.42. The maximum absolute atomic E-state index is 6.01. The summed E-state index contributed by atoms with van der Waals surface area (Å²) in [5.74, 6) is 0.612. The van der Waals surface area contributed by atoms with Gasteiger partial charge in [0.05, 0.1) is 0 Å². The fourth-order valence-electron chi connectivity index (χ4n) is 2.05. The smallest absolute Gasteiger partial charge is 0.0410 e. The Labute approximate surface area is 96.2 Å². The molecule has 1 aliphatic rings. The van der Waals surface area contributed by atoms with Gasteiger partial charge in [0.2, 0.25) is 0 Å². The summed E-state index contributed by atoms with van der Waals surface area (Å²) in [5.41, 5.74) is 2.63. The van der Waals surface area contributed by atoms with Gasteiger partial charge >= 0.3 is 0 Å². The number of hydrogen-bond acceptors (Lipinski definition) is 2. The van der Waals surface area contributed by atoms with Crippen molar-refractivity contribution in [2.75, 3.05) is 32.5 Å². The molecule has 3 heteroatoms. The zero-order valence-corrected chi connectivity index (χ0v) is 10.0. The van der Waals surface area contributed by atoms with Crippen LogP contribution >= 0.6 is 11.6 Å². The number of nitrogens with zero attached hydrogens (tertiary/aromatic N) is 1. The van der Waals surface area contributed by atoms with Crippen molar-refractivity contribution >= 4 is 17.3 Å². The molecule has 0 saturated carbocycles. The molecule has 1 aliphatic heterocycles. The highest BCUT2D eigenvalue weighted by Crippen LogP contribution is 2.35. The van der Waals surface area contributed by atoms with Gasteiger partial charge in [-0.3, -0.25) is 0 Å². The monoisotopic (exact) mass is 224 g/mol. The van der Waals surface area contributed by atoms with Crippen molar-refractivity contribution in [3.63, 3.8) is 0 Å². The lowest BCUT2D eigenvalue weighted by Gasteiger charge is -2.14. The Hall–Kier alpha value is -0.730. The Morgan fingerprint density at radius 3 is 3.00 bits per heavy atom. The maximum atomic E-state index is 6.01. The van der Waals surface area contributed by atoms with Gasteiger partial charge in [-0.1, -0.05) is 11.6 Å². The van der Waals surface area contributed by atoms with E-state index in [2.05, 4.69) is 36.4 Å². The summed E-state index contributed by atoms with van der Waals surface area (Å²) in [7, 11) is 4.22. The number of halogens is 1. The summed E-state index contributed by atoms with van der Waals surface area (Å²) in [6.07, 6.45) is 1.19. The zero-order valence-electron chi connectivity index (χ0n) is 9.26. The van der Waals surface area contributed by atoms with Gasteiger partial charge in [-0.2, -0.15) is 0 Å². The molecule has 82 valence electrons. The van der Waals surface area contributed by atoms with Crippen LogP contribution in [0.15, 0.2) is 18.2 Å². The minimum atomic E-state index is 0.612. The lowest BCUT2D eigenvalue weighted by Crippen LogP contribution is -2.16. The van der Waals surface area contributed by atoms with Crippen molar-refractivity contribution in [1.29, 1.82) is 0 Å². The van der Waals surface area contributed by atoms with Crippen LogP contribution in [0.4, 0.5) is 5.69 Å². The summed E-state index contributed by atoms with van der Waals surface area (Å²) < 4.78 is 0. The molecule has 0 aliphatic carbocycles. The van der Waals surface area contributed by atoms with Crippen LogP contribution in [0.2, 0.25) is 5.02 Å². The molecule has 0 amide bonds. The van der Waals surface area contributed by atoms with Crippen LogP contribution in [0.1, 0.15) is 17.9 Å². The lowest BCUT2D eigenvalue weighted by atomic mass is 9.98. The van der Waals surface area contributed by atoms with Gasteiger partial charge in [0.25, 0.3) is 0 Å². The lowest BCUT2D eigenvalue weighted by molar-refractivity contribution is 0.386. The molecule has 2 rings (SSSR count). The third kappa shape index (κ3) is 2.44. The second-order valence-electron chi connectivity index (χ2n) is 4.40. The Kier molecular flexibility index (Phi) is 3.17. The number of hydrogen-bond donors (Lipinski definition) is 1. The maximum Gasteiger partial charge on any atom is 0.0410 e. The summed E-state index contributed by atoms with van der Waals surface area (Å²) >= 11 is 6.01. The fraction of sp³-hybridized carbons (Fsp3) is 0.500. The van der Waals surface area contributed by atoms with Crippen LogP contribution in [0.3, 0.4) is 0 Å². The Morgan fingerprint density at radius 1 is 1.47 bits per heavy atom. The largest absolute Gasteiger partial charge is 0.384 e. The third-order valence-corrected chi connectivity index (χ3v) is 3.15. The predicted octanol–water partition coefficient (Wildman–Crippen LogP) is 2.80. The van der Waals surface area contributed by atoms with Crippen molar-refractivity contribution in [2.24, 2.45) is 0 Å². The minimum Gasteiger partial charge on any atom is -0.384 e. The highest BCUT2D eigenvalue weighted by atomic mass is 35.5. The van der Waals surface area contributed by atoms with E-state index in [-0.39, 0.29) is 0 Å². The molecule has 0 aromatic heterocycles. The van der Waals surface area contributed by atoms with Crippen molar-refractivity contribution in [2.45, 2.75) is 12.3 Å². The topological polar surface area (TPSA) is 15.3 Å². The van der Waals surface area contributed by atoms with E-state index in [9.17, 15) is 0 Å². The zero-order chi connectivity index (χ0) is 10.8. The van der Waals surface area contributed by atoms with Gasteiger partial charge in [-0.05, 0) is 50.8 Å². The van der Waals surface area contributed by atoms with E-state index in [0.29, 0.717) is 5.92 Å². The average molecular weight is 225 g/mol. The van der Waals surface area contributed by atoms with Gasteiger partial charge in [0.15, 0.2) is 0 Å². The van der Waals surface area contributed by atoms with Crippen molar-refractivity contribution < 1.29 is 0 Å². The van der Waals surface area contributed by atoms with Gasteiger partial charge in [-0.15, -0.1) is 0 Å². The van der Waals surface area contributed by atoms with Crippen LogP contribution in [-0.4, -0.2) is 32.1 Å². The molecule has 0 fully saturated rings.